The van der Waals surface area contributed by atoms with Crippen molar-refractivity contribution in [3.05, 3.63) is 0 Å². The van der Waals surface area contributed by atoms with Gasteiger partial charge in [-0.15, -0.1) is 0 Å². The van der Waals surface area contributed by atoms with Gasteiger partial charge in [-0.2, -0.15) is 0 Å². The van der Waals surface area contributed by atoms with Crippen molar-refractivity contribution in [1.82, 2.24) is 0 Å². The first-order chi connectivity index (χ1) is 3.92. The van der Waals surface area contributed by atoms with Crippen LogP contribution in [-0.4, -0.2) is 37.8 Å². The Kier molecular flexibility index (Phi) is 5.03. The number of carboxylic acids is 1. The largest absolute Gasteiger partial charge is 0.481 e. The van der Waals surface area contributed by atoms with Gasteiger partial charge in [-0.1, -0.05) is 0 Å². The average Bonchev–Trinajstić information content (AvgIpc) is 1.59. The maximum atomic E-state index is 9.71. The van der Waals surface area contributed by atoms with Gasteiger partial charge in [0.05, 0.1) is 6.42 Å². The van der Waals surface area contributed by atoms with E-state index in [0.29, 0.717) is 0 Å². The van der Waals surface area contributed by atoms with Crippen molar-refractivity contribution < 1.29 is 30.7 Å². The van der Waals surface area contributed by atoms with Crippen LogP contribution < -0.4 is 0 Å². The molecular weight excluding hydrogens is 144 g/mol. The van der Waals surface area contributed by atoms with Gasteiger partial charge in [0, 0.05) is 6.42 Å². The third-order valence-electron chi connectivity index (χ3n) is 0.674. The fourth-order valence-corrected chi connectivity index (χ4v) is 0.275. The topological polar surface area (TPSA) is 129 Å². The van der Waals surface area contributed by atoms with E-state index in [1.54, 1.807) is 0 Å². The van der Waals surface area contributed by atoms with Crippen molar-refractivity contribution in [3.8, 4) is 0 Å². The molecule has 0 unspecified atom stereocenters. The number of hydrogen-bond donors (Lipinski definition) is 4. The van der Waals surface area contributed by atoms with Crippen LogP contribution in [0.5, 0.6) is 0 Å². The molecular formula is C4H10O6. The van der Waals surface area contributed by atoms with Crippen molar-refractivity contribution in [2.75, 3.05) is 0 Å². The zero-order chi connectivity index (χ0) is 7.49. The average molecular weight is 154 g/mol. The molecule has 0 aromatic carbocycles. The quantitative estimate of drug-likeness (QED) is 0.338. The van der Waals surface area contributed by atoms with Gasteiger partial charge in [0.25, 0.3) is 5.97 Å². The number of carbonyl (C=O) groups is 1. The Morgan fingerprint density at radius 3 is 1.80 bits per heavy atom. The Morgan fingerprint density at radius 1 is 1.30 bits per heavy atom. The van der Waals surface area contributed by atoms with Crippen LogP contribution >= 0.6 is 0 Å². The van der Waals surface area contributed by atoms with Gasteiger partial charge >= 0.3 is 5.97 Å². The maximum Gasteiger partial charge on any atom is 0.303 e. The molecule has 0 amide bonds. The second kappa shape index (κ2) is 4.18. The Balaban J connectivity index is 0. The van der Waals surface area contributed by atoms with Gasteiger partial charge in [0.15, 0.2) is 0 Å². The lowest BCUT2D eigenvalue weighted by Crippen LogP contribution is -2.27. The number of aliphatic hydroxyl groups is 3. The lowest BCUT2D eigenvalue weighted by molar-refractivity contribution is -0.314. The number of carboxylic acid groups (broad SMARTS) is 1. The predicted octanol–water partition coefficient (Wildman–Crippen LogP) is -2.34. The number of hydrogen-bond acceptors (Lipinski definition) is 4. The molecule has 0 radical (unpaired) electrons. The first-order valence-electron chi connectivity index (χ1n) is 2.31. The third kappa shape index (κ3) is 10.3. The second-order valence-electron chi connectivity index (χ2n) is 1.67. The zero-order valence-corrected chi connectivity index (χ0v) is 5.11. The van der Waals surface area contributed by atoms with Crippen molar-refractivity contribution in [3.63, 3.8) is 0 Å². The molecule has 0 fully saturated rings. The molecule has 0 rings (SSSR count). The van der Waals surface area contributed by atoms with Crippen LogP contribution in [-0.2, 0) is 4.79 Å². The first kappa shape index (κ1) is 12.0. The third-order valence-corrected chi connectivity index (χ3v) is 0.674. The summed E-state index contributed by atoms with van der Waals surface area (Å²) in [5.41, 5.74) is 0. The Labute approximate surface area is 56.7 Å². The summed E-state index contributed by atoms with van der Waals surface area (Å²) in [6.07, 6.45) is -1.05. The smallest absolute Gasteiger partial charge is 0.303 e. The summed E-state index contributed by atoms with van der Waals surface area (Å²) < 4.78 is 0. The molecule has 10 heavy (non-hydrogen) atoms. The fraction of sp³-hybridized carbons (Fsp3) is 0.750. The van der Waals surface area contributed by atoms with Crippen molar-refractivity contribution in [2.24, 2.45) is 0 Å². The van der Waals surface area contributed by atoms with Crippen LogP contribution in [0.3, 0.4) is 0 Å². The van der Waals surface area contributed by atoms with Gasteiger partial charge in [-0.25, -0.2) is 0 Å². The van der Waals surface area contributed by atoms with Crippen LogP contribution in [0.25, 0.3) is 0 Å². The minimum Gasteiger partial charge on any atom is -0.481 e. The minimum absolute atomic E-state index is 0. The van der Waals surface area contributed by atoms with E-state index in [4.69, 9.17) is 20.4 Å². The molecule has 6 nitrogen and oxygen atoms in total. The van der Waals surface area contributed by atoms with Gasteiger partial charge in [-0.3, -0.25) is 4.79 Å². The van der Waals surface area contributed by atoms with E-state index in [2.05, 4.69) is 0 Å². The summed E-state index contributed by atoms with van der Waals surface area (Å²) in [5.74, 6) is -4.03. The summed E-state index contributed by atoms with van der Waals surface area (Å²) >= 11 is 0. The van der Waals surface area contributed by atoms with Crippen molar-refractivity contribution >= 4 is 5.97 Å². The molecule has 0 saturated carbocycles. The highest BCUT2D eigenvalue weighted by Crippen LogP contribution is 2.02. The summed E-state index contributed by atoms with van der Waals surface area (Å²) in [5, 5.41) is 32.3. The number of rotatable bonds is 3. The van der Waals surface area contributed by atoms with Crippen LogP contribution in [0.1, 0.15) is 12.8 Å². The van der Waals surface area contributed by atoms with E-state index in [-0.39, 0.29) is 5.48 Å². The summed E-state index contributed by atoms with van der Waals surface area (Å²) in [7, 11) is 0. The van der Waals surface area contributed by atoms with Crippen LogP contribution in [0.15, 0.2) is 0 Å². The molecule has 0 aliphatic heterocycles. The maximum absolute atomic E-state index is 9.71. The molecule has 0 aromatic rings. The Hall–Kier alpha value is -0.690. The van der Waals surface area contributed by atoms with E-state index in [9.17, 15) is 4.79 Å². The molecule has 62 valence electrons. The molecule has 0 atom stereocenters. The normalized spacial score (nSPS) is 10.3. The highest BCUT2D eigenvalue weighted by atomic mass is 16.7. The Bertz CT molecular complexity index is 103. The van der Waals surface area contributed by atoms with Crippen molar-refractivity contribution in [1.29, 1.82) is 0 Å². The molecule has 6 N–H and O–H groups in total. The zero-order valence-electron chi connectivity index (χ0n) is 5.11. The standard InChI is InChI=1S/C4H8O5.H2O/c5-3(6)1-2-4(7,8)9;/h7-9H,1-2H2,(H,5,6);1H2. The highest BCUT2D eigenvalue weighted by molar-refractivity contribution is 5.66. The van der Waals surface area contributed by atoms with Crippen LogP contribution in [0.4, 0.5) is 0 Å². The van der Waals surface area contributed by atoms with Crippen LogP contribution in [0, 0.1) is 0 Å². The summed E-state index contributed by atoms with van der Waals surface area (Å²) in [6, 6.07) is 0. The molecule has 0 aliphatic rings. The van der Waals surface area contributed by atoms with E-state index in [1.807, 2.05) is 0 Å². The van der Waals surface area contributed by atoms with Gasteiger partial charge in [0.1, 0.15) is 0 Å². The van der Waals surface area contributed by atoms with Gasteiger partial charge in [-0.05, 0) is 0 Å². The molecule has 0 aromatic heterocycles. The van der Waals surface area contributed by atoms with Gasteiger partial charge in [0.2, 0.25) is 0 Å². The lowest BCUT2D eigenvalue weighted by atomic mass is 10.3. The Morgan fingerprint density at radius 2 is 1.70 bits per heavy atom. The van der Waals surface area contributed by atoms with Crippen LogP contribution in [0.2, 0.25) is 0 Å². The van der Waals surface area contributed by atoms with Crippen molar-refractivity contribution in [2.45, 2.75) is 18.8 Å². The SMILES string of the molecule is O.O=C(O)CCC(O)(O)O. The molecule has 0 saturated heterocycles. The van der Waals surface area contributed by atoms with E-state index in [0.717, 1.165) is 0 Å². The van der Waals surface area contributed by atoms with Gasteiger partial charge < -0.3 is 25.9 Å². The molecule has 0 heterocycles. The second-order valence-corrected chi connectivity index (χ2v) is 1.67. The molecule has 0 spiro atoms. The summed E-state index contributed by atoms with van der Waals surface area (Å²) in [4.78, 5) is 9.71. The molecule has 0 bridgehead atoms. The first-order valence-corrected chi connectivity index (χ1v) is 2.31. The predicted molar refractivity (Wildman–Crippen MR) is 29.9 cm³/mol. The molecule has 6 heteroatoms. The summed E-state index contributed by atoms with van der Waals surface area (Å²) in [6.45, 7) is 0. The monoisotopic (exact) mass is 154 g/mol. The molecule has 0 aliphatic carbocycles. The fourth-order valence-electron chi connectivity index (χ4n) is 0.275. The minimum atomic E-state index is -2.85. The lowest BCUT2D eigenvalue weighted by Gasteiger charge is -2.10. The van der Waals surface area contributed by atoms with E-state index < -0.39 is 24.8 Å². The highest BCUT2D eigenvalue weighted by Gasteiger charge is 2.18. The number of aliphatic carboxylic acids is 1. The van der Waals surface area contributed by atoms with E-state index >= 15 is 0 Å². The van der Waals surface area contributed by atoms with E-state index in [1.165, 1.54) is 0 Å².